The van der Waals surface area contributed by atoms with Gasteiger partial charge in [-0.05, 0) is 68.7 Å². The predicted molar refractivity (Wildman–Crippen MR) is 118 cm³/mol. The molecule has 0 aromatic heterocycles. The summed E-state index contributed by atoms with van der Waals surface area (Å²) in [6, 6.07) is 5.53. The van der Waals surface area contributed by atoms with Gasteiger partial charge in [-0.25, -0.2) is 0 Å². The van der Waals surface area contributed by atoms with Gasteiger partial charge in [0.05, 0.1) is 5.56 Å². The highest BCUT2D eigenvalue weighted by Crippen LogP contribution is 2.54. The lowest BCUT2D eigenvalue weighted by Crippen LogP contribution is -2.48. The fraction of sp³-hybridized carbons (Fsp3) is 0.680. The van der Waals surface area contributed by atoms with Crippen molar-refractivity contribution in [3.05, 3.63) is 29.8 Å². The maximum atomic E-state index is 13.0. The van der Waals surface area contributed by atoms with Gasteiger partial charge in [-0.3, -0.25) is 19.4 Å². The van der Waals surface area contributed by atoms with Crippen LogP contribution in [0.3, 0.4) is 0 Å². The molecule has 4 atom stereocenters. The Morgan fingerprint density at radius 2 is 1.52 bits per heavy atom. The second-order valence-electron chi connectivity index (χ2n) is 10.1. The highest BCUT2D eigenvalue weighted by molar-refractivity contribution is 6.01. The number of fused-ring (bicyclic) bond motifs is 5. The third-order valence-electron chi connectivity index (χ3n) is 8.35. The molecular weight excluding hydrogens is 431 g/mol. The number of carbonyl (C=O) groups excluding carboxylic acids is 2. The lowest BCUT2D eigenvalue weighted by molar-refractivity contribution is -0.153. The topological polar surface area (TPSA) is 43.9 Å². The number of hydrogen-bond donors (Lipinski definition) is 0. The number of piperazine rings is 1. The molecule has 2 bridgehead atoms. The van der Waals surface area contributed by atoms with Gasteiger partial charge < -0.3 is 4.90 Å². The predicted octanol–water partition coefficient (Wildman–Crippen LogP) is 4.03. The molecule has 1 aromatic carbocycles. The summed E-state index contributed by atoms with van der Waals surface area (Å²) in [5.41, 5.74) is 0.00676. The Morgan fingerprint density at radius 1 is 0.879 bits per heavy atom. The van der Waals surface area contributed by atoms with Gasteiger partial charge in [-0.1, -0.05) is 12.5 Å². The molecular formula is C25H32F3N3O2. The summed E-state index contributed by atoms with van der Waals surface area (Å²) in [6.45, 7) is 4.38. The van der Waals surface area contributed by atoms with Crippen molar-refractivity contribution in [1.82, 2.24) is 9.80 Å². The first-order valence-electron chi connectivity index (χ1n) is 12.3. The lowest BCUT2D eigenvalue weighted by Gasteiger charge is -2.36. The van der Waals surface area contributed by atoms with Crippen LogP contribution in [0, 0.1) is 23.7 Å². The Morgan fingerprint density at radius 3 is 2.15 bits per heavy atom. The van der Waals surface area contributed by atoms with Crippen LogP contribution in [-0.4, -0.2) is 60.9 Å². The van der Waals surface area contributed by atoms with Crippen molar-refractivity contribution in [3.63, 3.8) is 0 Å². The first kappa shape index (κ1) is 22.7. The van der Waals surface area contributed by atoms with Gasteiger partial charge in [-0.2, -0.15) is 13.2 Å². The number of carbonyl (C=O) groups is 2. The van der Waals surface area contributed by atoms with Crippen LogP contribution in [0.15, 0.2) is 24.3 Å². The number of benzene rings is 1. The molecule has 5 nitrogen and oxygen atoms in total. The van der Waals surface area contributed by atoms with E-state index in [1.165, 1.54) is 12.1 Å². The number of halogens is 3. The van der Waals surface area contributed by atoms with E-state index < -0.39 is 11.7 Å². The lowest BCUT2D eigenvalue weighted by atomic mass is 9.91. The van der Waals surface area contributed by atoms with E-state index in [1.807, 2.05) is 4.90 Å². The summed E-state index contributed by atoms with van der Waals surface area (Å²) in [7, 11) is 0. The summed E-state index contributed by atoms with van der Waals surface area (Å²) < 4.78 is 39.0. The molecule has 180 valence electrons. The first-order chi connectivity index (χ1) is 15.8. The minimum absolute atomic E-state index is 0.0698. The van der Waals surface area contributed by atoms with Gasteiger partial charge >= 0.3 is 6.18 Å². The minimum atomic E-state index is -4.33. The average Bonchev–Trinajstić information content (AvgIpc) is 3.39. The third kappa shape index (κ3) is 4.38. The molecule has 4 aliphatic rings. The molecule has 0 radical (unpaired) electrons. The Bertz CT molecular complexity index is 869. The van der Waals surface area contributed by atoms with Gasteiger partial charge in [0.15, 0.2) is 0 Å². The Balaban J connectivity index is 1.06. The second kappa shape index (κ2) is 8.93. The maximum absolute atomic E-state index is 13.0. The van der Waals surface area contributed by atoms with Crippen LogP contribution in [0.2, 0.25) is 0 Å². The maximum Gasteiger partial charge on any atom is 0.416 e. The highest BCUT2D eigenvalue weighted by atomic mass is 19.4. The number of hydrogen-bond acceptors (Lipinski definition) is 4. The number of imide groups is 1. The third-order valence-corrected chi connectivity index (χ3v) is 8.35. The SMILES string of the molecule is O=C1C2CC(C(=O)N1CCCCN1CCN(c3cccc(C(F)(F)F)c3)CC1)C1CCCC21. The smallest absolute Gasteiger partial charge is 0.369 e. The fourth-order valence-electron chi connectivity index (χ4n) is 6.65. The van der Waals surface area contributed by atoms with Crippen LogP contribution in [0.25, 0.3) is 0 Å². The molecule has 2 aliphatic carbocycles. The molecule has 8 heteroatoms. The number of likely N-dealkylation sites (tertiary alicyclic amines) is 1. The molecule has 0 N–H and O–H groups in total. The van der Waals surface area contributed by atoms with Crippen molar-refractivity contribution in [3.8, 4) is 0 Å². The van der Waals surface area contributed by atoms with Crippen molar-refractivity contribution in [1.29, 1.82) is 0 Å². The summed E-state index contributed by atoms with van der Waals surface area (Å²) in [5, 5.41) is 0. The average molecular weight is 464 g/mol. The molecule has 4 fully saturated rings. The molecule has 4 unspecified atom stereocenters. The van der Waals surface area contributed by atoms with E-state index in [4.69, 9.17) is 0 Å². The van der Waals surface area contributed by atoms with Crippen molar-refractivity contribution in [2.75, 3.05) is 44.2 Å². The summed E-state index contributed by atoms with van der Waals surface area (Å²) >= 11 is 0. The standard InChI is InChI=1S/C25H32F3N3O2/c26-25(27,28)17-5-3-6-18(15-17)30-13-11-29(12-14-30)9-1-2-10-31-23(32)21-16-22(24(31)33)20-8-4-7-19(20)21/h3,5-6,15,19-22H,1-2,4,7-14,16H2. The van der Waals surface area contributed by atoms with Crippen LogP contribution in [0.4, 0.5) is 18.9 Å². The fourth-order valence-corrected chi connectivity index (χ4v) is 6.65. The summed E-state index contributed by atoms with van der Waals surface area (Å²) in [5.74, 6) is 1.16. The van der Waals surface area contributed by atoms with E-state index in [0.29, 0.717) is 37.2 Å². The zero-order valence-corrected chi connectivity index (χ0v) is 18.9. The summed E-state index contributed by atoms with van der Waals surface area (Å²) in [4.78, 5) is 31.7. The van der Waals surface area contributed by atoms with Crippen molar-refractivity contribution in [2.24, 2.45) is 23.7 Å². The number of piperidine rings is 1. The zero-order chi connectivity index (χ0) is 23.2. The van der Waals surface area contributed by atoms with E-state index in [-0.39, 0.29) is 23.7 Å². The van der Waals surface area contributed by atoms with E-state index in [9.17, 15) is 22.8 Å². The normalized spacial score (nSPS) is 30.3. The Kier molecular flexibility index (Phi) is 6.14. The van der Waals surface area contributed by atoms with Crippen LogP contribution >= 0.6 is 0 Å². The van der Waals surface area contributed by atoms with Gasteiger partial charge in [0.1, 0.15) is 0 Å². The minimum Gasteiger partial charge on any atom is -0.369 e. The van der Waals surface area contributed by atoms with Crippen LogP contribution in [-0.2, 0) is 15.8 Å². The van der Waals surface area contributed by atoms with Crippen LogP contribution < -0.4 is 4.90 Å². The van der Waals surface area contributed by atoms with Crippen LogP contribution in [0.1, 0.15) is 44.1 Å². The summed E-state index contributed by atoms with van der Waals surface area (Å²) in [6.07, 6.45) is 1.52. The molecule has 2 heterocycles. The Labute approximate surface area is 192 Å². The zero-order valence-electron chi connectivity index (χ0n) is 18.9. The van der Waals surface area contributed by atoms with Crippen LogP contribution in [0.5, 0.6) is 0 Å². The largest absolute Gasteiger partial charge is 0.416 e. The van der Waals surface area contributed by atoms with Gasteiger partial charge in [0.25, 0.3) is 0 Å². The molecule has 0 spiro atoms. The molecule has 2 saturated heterocycles. The molecule has 2 aliphatic heterocycles. The quantitative estimate of drug-likeness (QED) is 0.472. The van der Waals surface area contributed by atoms with E-state index >= 15 is 0 Å². The van der Waals surface area contributed by atoms with Crippen molar-refractivity contribution in [2.45, 2.75) is 44.7 Å². The van der Waals surface area contributed by atoms with E-state index in [1.54, 1.807) is 11.0 Å². The number of anilines is 1. The van der Waals surface area contributed by atoms with Crippen molar-refractivity contribution >= 4 is 17.5 Å². The first-order valence-corrected chi connectivity index (χ1v) is 12.3. The second-order valence-corrected chi connectivity index (χ2v) is 10.1. The highest BCUT2D eigenvalue weighted by Gasteiger charge is 2.56. The molecule has 33 heavy (non-hydrogen) atoms. The van der Waals surface area contributed by atoms with Gasteiger partial charge in [0, 0.05) is 50.2 Å². The molecule has 2 saturated carbocycles. The number of nitrogens with zero attached hydrogens (tertiary/aromatic N) is 3. The van der Waals surface area contributed by atoms with Gasteiger partial charge in [-0.15, -0.1) is 0 Å². The van der Waals surface area contributed by atoms with Gasteiger partial charge in [0.2, 0.25) is 11.8 Å². The van der Waals surface area contributed by atoms with E-state index in [2.05, 4.69) is 4.90 Å². The Hall–Kier alpha value is -2.09. The molecule has 2 amide bonds. The van der Waals surface area contributed by atoms with E-state index in [0.717, 1.165) is 64.2 Å². The van der Waals surface area contributed by atoms with Crippen molar-refractivity contribution < 1.29 is 22.8 Å². The number of rotatable bonds is 6. The molecule has 5 rings (SSSR count). The monoisotopic (exact) mass is 463 g/mol. The molecule has 1 aromatic rings. The number of amides is 2. The number of unbranched alkanes of at least 4 members (excludes halogenated alkanes) is 1. The number of alkyl halides is 3.